The van der Waals surface area contributed by atoms with Crippen molar-refractivity contribution in [2.24, 2.45) is 0 Å². The number of rotatable bonds is 3. The Bertz CT molecular complexity index is 412. The van der Waals surface area contributed by atoms with Gasteiger partial charge in [-0.25, -0.2) is 0 Å². The number of aliphatic hydroxyl groups excluding tert-OH is 1. The standard InChI is InChI=1S/C14H24N2O2/c1-9-14(11(3)17)10(2)16(15-9)12-6-5-7-13(8-12)18-4/h11-13,17H,5-8H2,1-4H3. The molecule has 0 aromatic carbocycles. The molecule has 1 aliphatic carbocycles. The van der Waals surface area contributed by atoms with E-state index in [2.05, 4.69) is 16.7 Å². The molecule has 0 aliphatic heterocycles. The topological polar surface area (TPSA) is 47.3 Å². The Hall–Kier alpha value is -0.870. The van der Waals surface area contributed by atoms with Gasteiger partial charge < -0.3 is 9.84 Å². The van der Waals surface area contributed by atoms with Gasteiger partial charge >= 0.3 is 0 Å². The summed E-state index contributed by atoms with van der Waals surface area (Å²) in [6.45, 7) is 5.83. The molecule has 1 aromatic heterocycles. The number of ether oxygens (including phenoxy) is 1. The fraction of sp³-hybridized carbons (Fsp3) is 0.786. The molecule has 1 fully saturated rings. The van der Waals surface area contributed by atoms with Gasteiger partial charge in [-0.15, -0.1) is 0 Å². The Labute approximate surface area is 109 Å². The number of aryl methyl sites for hydroxylation is 1. The molecule has 2 rings (SSSR count). The molecule has 0 saturated heterocycles. The lowest BCUT2D eigenvalue weighted by Gasteiger charge is -2.29. The van der Waals surface area contributed by atoms with Crippen LogP contribution in [0.1, 0.15) is 61.7 Å². The highest BCUT2D eigenvalue weighted by atomic mass is 16.5. The van der Waals surface area contributed by atoms with E-state index in [1.807, 2.05) is 6.92 Å². The van der Waals surface area contributed by atoms with E-state index in [-0.39, 0.29) is 0 Å². The highest BCUT2D eigenvalue weighted by molar-refractivity contribution is 5.27. The van der Waals surface area contributed by atoms with E-state index in [1.54, 1.807) is 14.0 Å². The van der Waals surface area contributed by atoms with E-state index in [0.29, 0.717) is 12.1 Å². The second-order valence-corrected chi connectivity index (χ2v) is 5.38. The van der Waals surface area contributed by atoms with Gasteiger partial charge in [0.1, 0.15) is 0 Å². The minimum atomic E-state index is -0.444. The lowest BCUT2D eigenvalue weighted by Crippen LogP contribution is -2.25. The quantitative estimate of drug-likeness (QED) is 0.899. The zero-order chi connectivity index (χ0) is 13.3. The Morgan fingerprint density at radius 1 is 1.39 bits per heavy atom. The van der Waals surface area contributed by atoms with Crippen LogP contribution in [0.25, 0.3) is 0 Å². The normalized spacial score (nSPS) is 26.3. The Kier molecular flexibility index (Phi) is 4.07. The van der Waals surface area contributed by atoms with Crippen LogP contribution in [0, 0.1) is 13.8 Å². The summed E-state index contributed by atoms with van der Waals surface area (Å²) in [5.41, 5.74) is 3.03. The molecule has 1 N–H and O–H groups in total. The van der Waals surface area contributed by atoms with E-state index in [9.17, 15) is 5.11 Å². The van der Waals surface area contributed by atoms with Crippen molar-refractivity contribution in [3.05, 3.63) is 17.0 Å². The van der Waals surface area contributed by atoms with Crippen LogP contribution in [0.15, 0.2) is 0 Å². The highest BCUT2D eigenvalue weighted by Gasteiger charge is 2.26. The highest BCUT2D eigenvalue weighted by Crippen LogP contribution is 2.32. The fourth-order valence-electron chi connectivity index (χ4n) is 3.19. The molecule has 0 radical (unpaired) electrons. The summed E-state index contributed by atoms with van der Waals surface area (Å²) in [5, 5.41) is 14.4. The number of methoxy groups -OCH3 is 1. The molecular formula is C14H24N2O2. The first kappa shape index (κ1) is 13.6. The summed E-state index contributed by atoms with van der Waals surface area (Å²) in [4.78, 5) is 0. The molecule has 0 bridgehead atoms. The van der Waals surface area contributed by atoms with Crippen LogP contribution in [0.5, 0.6) is 0 Å². The van der Waals surface area contributed by atoms with E-state index >= 15 is 0 Å². The number of hydrogen-bond acceptors (Lipinski definition) is 3. The molecule has 4 heteroatoms. The molecule has 0 amide bonds. The number of nitrogens with zero attached hydrogens (tertiary/aromatic N) is 2. The predicted molar refractivity (Wildman–Crippen MR) is 70.6 cm³/mol. The van der Waals surface area contributed by atoms with E-state index < -0.39 is 6.10 Å². The zero-order valence-electron chi connectivity index (χ0n) is 11.8. The second-order valence-electron chi connectivity index (χ2n) is 5.38. The maximum absolute atomic E-state index is 9.82. The average molecular weight is 252 g/mol. The molecule has 18 heavy (non-hydrogen) atoms. The van der Waals surface area contributed by atoms with Crippen LogP contribution >= 0.6 is 0 Å². The van der Waals surface area contributed by atoms with Gasteiger partial charge in [0.2, 0.25) is 0 Å². The summed E-state index contributed by atoms with van der Waals surface area (Å²) in [6.07, 6.45) is 4.42. The van der Waals surface area contributed by atoms with Crippen molar-refractivity contribution >= 4 is 0 Å². The molecule has 1 aliphatic rings. The smallest absolute Gasteiger partial charge is 0.0797 e. The van der Waals surface area contributed by atoms with Gasteiger partial charge in [0.25, 0.3) is 0 Å². The Balaban J connectivity index is 2.25. The Morgan fingerprint density at radius 3 is 2.67 bits per heavy atom. The molecule has 102 valence electrons. The zero-order valence-corrected chi connectivity index (χ0v) is 11.8. The molecule has 1 heterocycles. The van der Waals surface area contributed by atoms with Gasteiger partial charge in [-0.1, -0.05) is 0 Å². The van der Waals surface area contributed by atoms with Crippen LogP contribution in [-0.2, 0) is 4.74 Å². The first-order valence-corrected chi connectivity index (χ1v) is 6.81. The minimum absolute atomic E-state index is 0.350. The van der Waals surface area contributed by atoms with Crippen molar-refractivity contribution in [2.75, 3.05) is 7.11 Å². The molecule has 0 spiro atoms. The van der Waals surface area contributed by atoms with Gasteiger partial charge in [0, 0.05) is 18.4 Å². The fourth-order valence-corrected chi connectivity index (χ4v) is 3.19. The van der Waals surface area contributed by atoms with Gasteiger partial charge in [0.15, 0.2) is 0 Å². The van der Waals surface area contributed by atoms with E-state index in [0.717, 1.165) is 36.2 Å². The first-order valence-electron chi connectivity index (χ1n) is 6.81. The first-order chi connectivity index (χ1) is 8.54. The molecule has 4 nitrogen and oxygen atoms in total. The largest absolute Gasteiger partial charge is 0.389 e. The monoisotopic (exact) mass is 252 g/mol. The van der Waals surface area contributed by atoms with Crippen molar-refractivity contribution in [3.63, 3.8) is 0 Å². The third kappa shape index (κ3) is 2.45. The lowest BCUT2D eigenvalue weighted by atomic mass is 9.92. The van der Waals surface area contributed by atoms with Crippen LogP contribution < -0.4 is 0 Å². The number of aliphatic hydroxyl groups is 1. The summed E-state index contributed by atoms with van der Waals surface area (Å²) in [7, 11) is 1.79. The third-order valence-corrected chi connectivity index (χ3v) is 4.08. The summed E-state index contributed by atoms with van der Waals surface area (Å²) < 4.78 is 7.58. The van der Waals surface area contributed by atoms with E-state index in [1.165, 1.54) is 6.42 Å². The Morgan fingerprint density at radius 2 is 2.11 bits per heavy atom. The van der Waals surface area contributed by atoms with Gasteiger partial charge in [0.05, 0.1) is 23.9 Å². The van der Waals surface area contributed by atoms with Crippen LogP contribution in [0.2, 0.25) is 0 Å². The van der Waals surface area contributed by atoms with Crippen molar-refractivity contribution in [1.82, 2.24) is 9.78 Å². The predicted octanol–water partition coefficient (Wildman–Crippen LogP) is 2.68. The van der Waals surface area contributed by atoms with Crippen LogP contribution in [0.3, 0.4) is 0 Å². The van der Waals surface area contributed by atoms with Gasteiger partial charge in [-0.3, -0.25) is 4.68 Å². The molecule has 1 aromatic rings. The molecule has 3 unspecified atom stereocenters. The summed E-state index contributed by atoms with van der Waals surface area (Å²) in [6, 6.07) is 0.412. The van der Waals surface area contributed by atoms with Crippen molar-refractivity contribution in [2.45, 2.75) is 64.7 Å². The van der Waals surface area contributed by atoms with Gasteiger partial charge in [-0.2, -0.15) is 5.10 Å². The summed E-state index contributed by atoms with van der Waals surface area (Å²) >= 11 is 0. The minimum Gasteiger partial charge on any atom is -0.389 e. The van der Waals surface area contributed by atoms with Crippen LogP contribution in [-0.4, -0.2) is 28.1 Å². The molecule has 1 saturated carbocycles. The number of hydrogen-bond donors (Lipinski definition) is 1. The van der Waals surface area contributed by atoms with Crippen LogP contribution in [0.4, 0.5) is 0 Å². The summed E-state index contributed by atoms with van der Waals surface area (Å²) in [5.74, 6) is 0. The third-order valence-electron chi connectivity index (χ3n) is 4.08. The lowest BCUT2D eigenvalue weighted by molar-refractivity contribution is 0.0503. The van der Waals surface area contributed by atoms with Crippen molar-refractivity contribution in [1.29, 1.82) is 0 Å². The number of aromatic nitrogens is 2. The maximum atomic E-state index is 9.82. The molecule has 3 atom stereocenters. The van der Waals surface area contributed by atoms with Crippen molar-refractivity contribution in [3.8, 4) is 0 Å². The average Bonchev–Trinajstić information content (AvgIpc) is 2.65. The SMILES string of the molecule is COC1CCCC(n2nc(C)c(C(C)O)c2C)C1. The maximum Gasteiger partial charge on any atom is 0.0797 e. The van der Waals surface area contributed by atoms with Gasteiger partial charge in [-0.05, 0) is 46.5 Å². The second kappa shape index (κ2) is 5.41. The van der Waals surface area contributed by atoms with Crippen molar-refractivity contribution < 1.29 is 9.84 Å². The molecular weight excluding hydrogens is 228 g/mol. The van der Waals surface area contributed by atoms with E-state index in [4.69, 9.17) is 4.74 Å².